The molecule has 1 N–H and O–H groups in total. The summed E-state index contributed by atoms with van der Waals surface area (Å²) in [5.74, 6) is 0. The summed E-state index contributed by atoms with van der Waals surface area (Å²) in [6, 6.07) is 17.7. The molecular formula is C18H16N2. The number of hydrogen-bond donors (Lipinski definition) is 1. The standard InChI is InChI=1S/C18H16N2/c1-2-5-15-11-16(10-14(15)4-1)20-18-7-3-6-13-8-9-19-12-17(13)18/h1-9,12,16,20H,10-11H2. The highest BCUT2D eigenvalue weighted by molar-refractivity contribution is 5.93. The third-order valence-electron chi connectivity index (χ3n) is 4.09. The first kappa shape index (κ1) is 11.5. The molecule has 3 aromatic rings. The van der Waals surface area contributed by atoms with E-state index in [-0.39, 0.29) is 0 Å². The van der Waals surface area contributed by atoms with Gasteiger partial charge in [0.1, 0.15) is 0 Å². The van der Waals surface area contributed by atoms with Crippen molar-refractivity contribution < 1.29 is 0 Å². The molecule has 0 amide bonds. The van der Waals surface area contributed by atoms with E-state index >= 15 is 0 Å². The monoisotopic (exact) mass is 260 g/mol. The summed E-state index contributed by atoms with van der Waals surface area (Å²) >= 11 is 0. The van der Waals surface area contributed by atoms with E-state index in [1.54, 1.807) is 0 Å². The predicted molar refractivity (Wildman–Crippen MR) is 83.0 cm³/mol. The van der Waals surface area contributed by atoms with Gasteiger partial charge in [-0.1, -0.05) is 36.4 Å². The van der Waals surface area contributed by atoms with E-state index in [1.165, 1.54) is 27.6 Å². The molecule has 2 heteroatoms. The molecular weight excluding hydrogens is 244 g/mol. The predicted octanol–water partition coefficient (Wildman–Crippen LogP) is 3.81. The molecule has 1 aliphatic rings. The molecule has 0 atom stereocenters. The van der Waals surface area contributed by atoms with E-state index in [0.29, 0.717) is 6.04 Å². The molecule has 0 saturated carbocycles. The fourth-order valence-electron chi connectivity index (χ4n) is 3.12. The van der Waals surface area contributed by atoms with Crippen LogP contribution >= 0.6 is 0 Å². The molecule has 20 heavy (non-hydrogen) atoms. The van der Waals surface area contributed by atoms with Gasteiger partial charge < -0.3 is 5.32 Å². The molecule has 0 saturated heterocycles. The maximum Gasteiger partial charge on any atom is 0.0437 e. The normalized spacial score (nSPS) is 14.4. The first-order valence-corrected chi connectivity index (χ1v) is 7.06. The summed E-state index contributed by atoms with van der Waals surface area (Å²) in [4.78, 5) is 4.25. The number of aromatic nitrogens is 1. The van der Waals surface area contributed by atoms with Gasteiger partial charge in [-0.15, -0.1) is 0 Å². The summed E-state index contributed by atoms with van der Waals surface area (Å²) in [5, 5.41) is 6.13. The lowest BCUT2D eigenvalue weighted by Crippen LogP contribution is -2.19. The van der Waals surface area contributed by atoms with Crippen LogP contribution in [-0.2, 0) is 12.8 Å². The fourth-order valence-corrected chi connectivity index (χ4v) is 3.12. The van der Waals surface area contributed by atoms with Crippen LogP contribution in [0.2, 0.25) is 0 Å². The van der Waals surface area contributed by atoms with Crippen molar-refractivity contribution in [3.63, 3.8) is 0 Å². The van der Waals surface area contributed by atoms with Gasteiger partial charge in [0, 0.05) is 29.5 Å². The van der Waals surface area contributed by atoms with E-state index < -0.39 is 0 Å². The molecule has 2 aromatic carbocycles. The van der Waals surface area contributed by atoms with Crippen molar-refractivity contribution in [3.05, 3.63) is 72.1 Å². The Balaban J connectivity index is 1.64. The molecule has 4 rings (SSSR count). The van der Waals surface area contributed by atoms with Crippen molar-refractivity contribution in [2.45, 2.75) is 18.9 Å². The number of nitrogens with one attached hydrogen (secondary N) is 1. The van der Waals surface area contributed by atoms with Crippen molar-refractivity contribution in [2.75, 3.05) is 5.32 Å². The number of anilines is 1. The van der Waals surface area contributed by atoms with Gasteiger partial charge in [0.05, 0.1) is 0 Å². The number of nitrogens with zero attached hydrogens (tertiary/aromatic N) is 1. The molecule has 1 heterocycles. The lowest BCUT2D eigenvalue weighted by atomic mass is 10.1. The molecule has 0 bridgehead atoms. The maximum atomic E-state index is 4.25. The second-order valence-electron chi connectivity index (χ2n) is 5.42. The van der Waals surface area contributed by atoms with Crippen LogP contribution in [0.15, 0.2) is 60.9 Å². The van der Waals surface area contributed by atoms with Crippen LogP contribution < -0.4 is 5.32 Å². The van der Waals surface area contributed by atoms with Crippen LogP contribution in [0, 0.1) is 0 Å². The molecule has 0 fully saturated rings. The second kappa shape index (κ2) is 4.64. The average molecular weight is 260 g/mol. The van der Waals surface area contributed by atoms with Gasteiger partial charge in [-0.3, -0.25) is 4.98 Å². The zero-order valence-corrected chi connectivity index (χ0v) is 11.2. The Labute approximate surface area is 118 Å². The second-order valence-corrected chi connectivity index (χ2v) is 5.42. The Morgan fingerprint density at radius 2 is 1.70 bits per heavy atom. The SMILES string of the molecule is c1ccc2c(c1)CC(Nc1cccc3ccncc13)C2. The molecule has 0 spiro atoms. The minimum absolute atomic E-state index is 0.484. The smallest absolute Gasteiger partial charge is 0.0437 e. The minimum Gasteiger partial charge on any atom is -0.381 e. The lowest BCUT2D eigenvalue weighted by Gasteiger charge is -2.15. The number of pyridine rings is 1. The number of benzene rings is 2. The fraction of sp³-hybridized carbons (Fsp3) is 0.167. The third-order valence-corrected chi connectivity index (χ3v) is 4.09. The largest absolute Gasteiger partial charge is 0.381 e. The van der Waals surface area contributed by atoms with E-state index in [4.69, 9.17) is 0 Å². The molecule has 2 nitrogen and oxygen atoms in total. The third kappa shape index (κ3) is 1.94. The first-order chi connectivity index (χ1) is 9.90. The zero-order chi connectivity index (χ0) is 13.4. The molecule has 1 aliphatic carbocycles. The summed E-state index contributed by atoms with van der Waals surface area (Å²) in [6.07, 6.45) is 6.00. The van der Waals surface area contributed by atoms with Crippen LogP contribution in [0.5, 0.6) is 0 Å². The highest BCUT2D eigenvalue weighted by Crippen LogP contribution is 2.27. The molecule has 1 aromatic heterocycles. The molecule has 0 unspecified atom stereocenters. The van der Waals surface area contributed by atoms with Crippen LogP contribution in [0.3, 0.4) is 0 Å². The summed E-state index contributed by atoms with van der Waals surface area (Å²) in [5.41, 5.74) is 4.14. The molecule has 98 valence electrons. The molecule has 0 radical (unpaired) electrons. The van der Waals surface area contributed by atoms with Crippen molar-refractivity contribution in [3.8, 4) is 0 Å². The van der Waals surface area contributed by atoms with Crippen LogP contribution in [-0.4, -0.2) is 11.0 Å². The average Bonchev–Trinajstić information content (AvgIpc) is 2.90. The number of rotatable bonds is 2. The minimum atomic E-state index is 0.484. The highest BCUT2D eigenvalue weighted by Gasteiger charge is 2.20. The Hall–Kier alpha value is -2.35. The van der Waals surface area contributed by atoms with E-state index in [2.05, 4.69) is 58.8 Å². The first-order valence-electron chi connectivity index (χ1n) is 7.06. The summed E-state index contributed by atoms with van der Waals surface area (Å²) in [6.45, 7) is 0. The Morgan fingerprint density at radius 3 is 2.50 bits per heavy atom. The Morgan fingerprint density at radius 1 is 0.900 bits per heavy atom. The Kier molecular flexibility index (Phi) is 2.66. The number of fused-ring (bicyclic) bond motifs is 2. The van der Waals surface area contributed by atoms with Crippen LogP contribution in [0.25, 0.3) is 10.8 Å². The van der Waals surface area contributed by atoms with E-state index in [1.807, 2.05) is 12.4 Å². The van der Waals surface area contributed by atoms with Crippen LogP contribution in [0.1, 0.15) is 11.1 Å². The van der Waals surface area contributed by atoms with Gasteiger partial charge in [-0.2, -0.15) is 0 Å². The summed E-state index contributed by atoms with van der Waals surface area (Å²) in [7, 11) is 0. The van der Waals surface area contributed by atoms with E-state index in [9.17, 15) is 0 Å². The number of hydrogen-bond acceptors (Lipinski definition) is 2. The Bertz CT molecular complexity index is 734. The van der Waals surface area contributed by atoms with E-state index in [0.717, 1.165) is 12.8 Å². The van der Waals surface area contributed by atoms with Gasteiger partial charge in [0.2, 0.25) is 0 Å². The van der Waals surface area contributed by atoms with Crippen molar-refractivity contribution in [1.82, 2.24) is 4.98 Å². The lowest BCUT2D eigenvalue weighted by molar-refractivity contribution is 0.775. The van der Waals surface area contributed by atoms with Crippen molar-refractivity contribution in [1.29, 1.82) is 0 Å². The molecule has 0 aliphatic heterocycles. The highest BCUT2D eigenvalue weighted by atomic mass is 14.9. The van der Waals surface area contributed by atoms with Gasteiger partial charge in [0.15, 0.2) is 0 Å². The van der Waals surface area contributed by atoms with Gasteiger partial charge >= 0.3 is 0 Å². The zero-order valence-electron chi connectivity index (χ0n) is 11.2. The van der Waals surface area contributed by atoms with Crippen LogP contribution in [0.4, 0.5) is 5.69 Å². The van der Waals surface area contributed by atoms with Gasteiger partial charge in [-0.05, 0) is 41.5 Å². The van der Waals surface area contributed by atoms with Gasteiger partial charge in [-0.25, -0.2) is 0 Å². The quantitative estimate of drug-likeness (QED) is 0.757. The maximum absolute atomic E-state index is 4.25. The van der Waals surface area contributed by atoms with Gasteiger partial charge in [0.25, 0.3) is 0 Å². The summed E-state index contributed by atoms with van der Waals surface area (Å²) < 4.78 is 0. The van der Waals surface area contributed by atoms with Crippen molar-refractivity contribution >= 4 is 16.5 Å². The van der Waals surface area contributed by atoms with Crippen molar-refractivity contribution in [2.24, 2.45) is 0 Å². The topological polar surface area (TPSA) is 24.9 Å².